The third-order valence-corrected chi connectivity index (χ3v) is 4.45. The molecule has 0 aliphatic carbocycles. The predicted molar refractivity (Wildman–Crippen MR) is 118 cm³/mol. The van der Waals surface area contributed by atoms with Crippen molar-refractivity contribution >= 4 is 11.9 Å². The second kappa shape index (κ2) is 10.9. The standard InChI is InChI=1S/C23H26FN5O2/c1-3-25-23(27-12-11-26-21(30)18-10-9-16(2)20(24)13-18)28-14-19-15-31-22(29-19)17-7-5-4-6-8-17/h4-10,13,15H,3,11-12,14H2,1-2H3,(H,26,30)(H2,25,27,28). The molecule has 31 heavy (non-hydrogen) atoms. The number of carbonyl (C=O) groups is 1. The molecule has 0 atom stereocenters. The Kier molecular flexibility index (Phi) is 7.75. The molecule has 162 valence electrons. The van der Waals surface area contributed by atoms with E-state index in [4.69, 9.17) is 4.42 Å². The smallest absolute Gasteiger partial charge is 0.251 e. The van der Waals surface area contributed by atoms with E-state index < -0.39 is 5.82 Å². The van der Waals surface area contributed by atoms with Crippen molar-refractivity contribution in [1.82, 2.24) is 20.9 Å². The molecule has 0 aliphatic rings. The maximum Gasteiger partial charge on any atom is 0.251 e. The number of carbonyl (C=O) groups excluding carboxylic acids is 1. The van der Waals surface area contributed by atoms with Gasteiger partial charge in [0, 0.05) is 30.8 Å². The van der Waals surface area contributed by atoms with Crippen molar-refractivity contribution < 1.29 is 13.6 Å². The average molecular weight is 423 g/mol. The largest absolute Gasteiger partial charge is 0.444 e. The minimum absolute atomic E-state index is 0.295. The average Bonchev–Trinajstić information content (AvgIpc) is 3.26. The number of amides is 1. The van der Waals surface area contributed by atoms with E-state index in [1.54, 1.807) is 25.3 Å². The van der Waals surface area contributed by atoms with E-state index in [-0.39, 0.29) is 5.91 Å². The van der Waals surface area contributed by atoms with Gasteiger partial charge < -0.3 is 20.4 Å². The third-order valence-electron chi connectivity index (χ3n) is 4.45. The monoisotopic (exact) mass is 423 g/mol. The molecule has 1 amide bonds. The molecule has 0 bridgehead atoms. The minimum atomic E-state index is -0.393. The molecule has 0 aliphatic heterocycles. The zero-order chi connectivity index (χ0) is 22.1. The topological polar surface area (TPSA) is 91.6 Å². The van der Waals surface area contributed by atoms with E-state index >= 15 is 0 Å². The molecular weight excluding hydrogens is 397 g/mol. The first-order valence-electron chi connectivity index (χ1n) is 10.1. The van der Waals surface area contributed by atoms with Crippen LogP contribution in [0.3, 0.4) is 0 Å². The Balaban J connectivity index is 1.49. The van der Waals surface area contributed by atoms with Gasteiger partial charge in [-0.2, -0.15) is 0 Å². The van der Waals surface area contributed by atoms with E-state index in [9.17, 15) is 9.18 Å². The zero-order valence-electron chi connectivity index (χ0n) is 17.6. The molecule has 0 unspecified atom stereocenters. The van der Waals surface area contributed by atoms with Gasteiger partial charge in [-0.05, 0) is 43.7 Å². The highest BCUT2D eigenvalue weighted by Crippen LogP contribution is 2.18. The molecule has 8 heteroatoms. The summed E-state index contributed by atoms with van der Waals surface area (Å²) in [6, 6.07) is 14.1. The molecule has 1 heterocycles. The van der Waals surface area contributed by atoms with E-state index in [0.29, 0.717) is 54.9 Å². The Morgan fingerprint density at radius 2 is 1.87 bits per heavy atom. The molecule has 0 saturated carbocycles. The second-order valence-electron chi connectivity index (χ2n) is 6.85. The van der Waals surface area contributed by atoms with Crippen molar-refractivity contribution in [3.63, 3.8) is 0 Å². The number of nitrogens with zero attached hydrogens (tertiary/aromatic N) is 2. The number of aryl methyl sites for hydroxylation is 1. The fourth-order valence-electron chi connectivity index (χ4n) is 2.79. The number of aromatic nitrogens is 1. The van der Waals surface area contributed by atoms with Crippen LogP contribution in [0, 0.1) is 12.7 Å². The minimum Gasteiger partial charge on any atom is -0.444 e. The van der Waals surface area contributed by atoms with Gasteiger partial charge in [0.25, 0.3) is 5.91 Å². The van der Waals surface area contributed by atoms with Crippen molar-refractivity contribution in [3.8, 4) is 11.5 Å². The second-order valence-corrected chi connectivity index (χ2v) is 6.85. The van der Waals surface area contributed by atoms with Crippen LogP contribution < -0.4 is 16.0 Å². The lowest BCUT2D eigenvalue weighted by molar-refractivity contribution is 0.0954. The molecule has 0 spiro atoms. The molecule has 3 aromatic rings. The summed E-state index contributed by atoms with van der Waals surface area (Å²) in [4.78, 5) is 21.1. The van der Waals surface area contributed by atoms with Crippen molar-refractivity contribution in [3.05, 3.63) is 77.4 Å². The van der Waals surface area contributed by atoms with Gasteiger partial charge >= 0.3 is 0 Å². The maximum atomic E-state index is 13.6. The number of hydrogen-bond donors (Lipinski definition) is 3. The summed E-state index contributed by atoms with van der Waals surface area (Å²) in [5.41, 5.74) is 2.43. The summed E-state index contributed by atoms with van der Waals surface area (Å²) in [6.45, 7) is 5.48. The molecule has 3 N–H and O–H groups in total. The van der Waals surface area contributed by atoms with Gasteiger partial charge in [0.05, 0.1) is 6.54 Å². The van der Waals surface area contributed by atoms with Crippen LogP contribution in [0.15, 0.2) is 64.2 Å². The number of rotatable bonds is 8. The number of halogens is 1. The van der Waals surface area contributed by atoms with Crippen LogP contribution in [0.25, 0.3) is 11.5 Å². The van der Waals surface area contributed by atoms with E-state index in [1.165, 1.54) is 6.07 Å². The SMILES string of the molecule is CCNC(=NCc1coc(-c2ccccc2)n1)NCCNC(=O)c1ccc(C)c(F)c1. The van der Waals surface area contributed by atoms with Gasteiger partial charge in [0.1, 0.15) is 17.8 Å². The molecule has 7 nitrogen and oxygen atoms in total. The lowest BCUT2D eigenvalue weighted by Gasteiger charge is -2.11. The van der Waals surface area contributed by atoms with Crippen LogP contribution in [-0.4, -0.2) is 36.5 Å². The highest BCUT2D eigenvalue weighted by molar-refractivity contribution is 5.94. The Morgan fingerprint density at radius 3 is 2.61 bits per heavy atom. The molecule has 0 saturated heterocycles. The third kappa shape index (κ3) is 6.40. The van der Waals surface area contributed by atoms with E-state index in [2.05, 4.69) is 25.9 Å². The first-order chi connectivity index (χ1) is 15.1. The number of benzene rings is 2. The van der Waals surface area contributed by atoms with Crippen LogP contribution in [0.5, 0.6) is 0 Å². The number of oxazole rings is 1. The zero-order valence-corrected chi connectivity index (χ0v) is 17.6. The van der Waals surface area contributed by atoms with Crippen LogP contribution in [0.1, 0.15) is 28.5 Å². The fourth-order valence-corrected chi connectivity index (χ4v) is 2.79. The van der Waals surface area contributed by atoms with Crippen molar-refractivity contribution in [2.45, 2.75) is 20.4 Å². The summed E-state index contributed by atoms with van der Waals surface area (Å²) in [5.74, 6) is 0.440. The fraction of sp³-hybridized carbons (Fsp3) is 0.261. The molecule has 0 radical (unpaired) electrons. The number of guanidine groups is 1. The van der Waals surface area contributed by atoms with Gasteiger partial charge in [-0.15, -0.1) is 0 Å². The van der Waals surface area contributed by atoms with Gasteiger partial charge in [0.2, 0.25) is 5.89 Å². The first-order valence-corrected chi connectivity index (χ1v) is 10.1. The number of hydrogen-bond acceptors (Lipinski definition) is 4. The van der Waals surface area contributed by atoms with Crippen molar-refractivity contribution in [2.24, 2.45) is 4.99 Å². The molecular formula is C23H26FN5O2. The van der Waals surface area contributed by atoms with Crippen LogP contribution in [0.2, 0.25) is 0 Å². The van der Waals surface area contributed by atoms with Crippen LogP contribution in [0.4, 0.5) is 4.39 Å². The highest BCUT2D eigenvalue weighted by atomic mass is 19.1. The maximum absolute atomic E-state index is 13.6. The molecule has 2 aromatic carbocycles. The summed E-state index contributed by atoms with van der Waals surface area (Å²) in [7, 11) is 0. The van der Waals surface area contributed by atoms with E-state index in [1.807, 2.05) is 37.3 Å². The molecule has 0 fully saturated rings. The van der Waals surface area contributed by atoms with Crippen molar-refractivity contribution in [1.29, 1.82) is 0 Å². The highest BCUT2D eigenvalue weighted by Gasteiger charge is 2.08. The number of aliphatic imine (C=N–C) groups is 1. The lowest BCUT2D eigenvalue weighted by atomic mass is 10.1. The summed E-state index contributed by atoms with van der Waals surface area (Å²) < 4.78 is 19.1. The number of nitrogens with one attached hydrogen (secondary N) is 3. The Morgan fingerprint density at radius 1 is 1.10 bits per heavy atom. The normalized spacial score (nSPS) is 11.3. The summed E-state index contributed by atoms with van der Waals surface area (Å²) >= 11 is 0. The Hall–Kier alpha value is -3.68. The quantitative estimate of drug-likeness (QED) is 0.294. The summed E-state index contributed by atoms with van der Waals surface area (Å²) in [6.07, 6.45) is 1.59. The van der Waals surface area contributed by atoms with Crippen LogP contribution in [-0.2, 0) is 6.54 Å². The van der Waals surface area contributed by atoms with Crippen molar-refractivity contribution in [2.75, 3.05) is 19.6 Å². The first kappa shape index (κ1) is 22.0. The van der Waals surface area contributed by atoms with Gasteiger partial charge in [-0.3, -0.25) is 4.79 Å². The molecule has 3 rings (SSSR count). The predicted octanol–water partition coefficient (Wildman–Crippen LogP) is 3.27. The lowest BCUT2D eigenvalue weighted by Crippen LogP contribution is -2.41. The van der Waals surface area contributed by atoms with Gasteiger partial charge in [-0.25, -0.2) is 14.4 Å². The van der Waals surface area contributed by atoms with Crippen LogP contribution >= 0.6 is 0 Å². The van der Waals surface area contributed by atoms with Gasteiger partial charge in [0.15, 0.2) is 5.96 Å². The Bertz CT molecular complexity index is 1030. The Labute approximate surface area is 180 Å². The summed E-state index contributed by atoms with van der Waals surface area (Å²) in [5, 5.41) is 9.05. The van der Waals surface area contributed by atoms with E-state index in [0.717, 1.165) is 5.56 Å². The molecule has 1 aromatic heterocycles. The van der Waals surface area contributed by atoms with Gasteiger partial charge in [-0.1, -0.05) is 24.3 Å².